The van der Waals surface area contributed by atoms with Crippen LogP contribution in [-0.2, 0) is 13.0 Å². The number of hydrogen-bond acceptors (Lipinski definition) is 5. The zero-order valence-corrected chi connectivity index (χ0v) is 14.5. The van der Waals surface area contributed by atoms with Gasteiger partial charge >= 0.3 is 6.09 Å². The molecular formula is C19H18N2O6. The highest BCUT2D eigenvalue weighted by atomic mass is 16.5. The third-order valence-corrected chi connectivity index (χ3v) is 5.15. The predicted octanol–water partition coefficient (Wildman–Crippen LogP) is 1.78. The molecule has 0 saturated heterocycles. The molecule has 4 rings (SSSR count). The standard InChI is InChI=1S/C19H18N2O6/c1-27-16-7-12-13(8-15(16)22)21(19(25)26)18(24)14-6-10-4-2-3-5-11(10)9-20(14)17(12)23/h2-5,7-8,14,18,22,24H,6,9H2,1H3,(H,25,26)/t14-,18?/m0/s1. The largest absolute Gasteiger partial charge is 0.504 e. The molecule has 0 aliphatic carbocycles. The molecule has 0 fully saturated rings. The van der Waals surface area contributed by atoms with Crippen LogP contribution in [0.5, 0.6) is 11.5 Å². The minimum Gasteiger partial charge on any atom is -0.504 e. The molecule has 1 unspecified atom stereocenters. The molecule has 2 aromatic carbocycles. The first-order valence-corrected chi connectivity index (χ1v) is 8.41. The van der Waals surface area contributed by atoms with Crippen molar-refractivity contribution < 1.29 is 29.6 Å². The molecule has 2 heterocycles. The number of aliphatic hydroxyl groups excluding tert-OH is 1. The normalized spacial score (nSPS) is 21.0. The number of phenols is 1. The van der Waals surface area contributed by atoms with E-state index in [0.29, 0.717) is 6.42 Å². The van der Waals surface area contributed by atoms with Gasteiger partial charge in [-0.05, 0) is 23.6 Å². The maximum Gasteiger partial charge on any atom is 0.414 e. The average molecular weight is 370 g/mol. The second-order valence-corrected chi connectivity index (χ2v) is 6.58. The van der Waals surface area contributed by atoms with Gasteiger partial charge < -0.3 is 25.0 Å². The SMILES string of the molecule is COc1cc2c(cc1O)N(C(=O)O)C(O)[C@@H]1Cc3ccccc3CN1C2=O. The molecular weight excluding hydrogens is 352 g/mol. The quantitative estimate of drug-likeness (QED) is 0.706. The van der Waals surface area contributed by atoms with Gasteiger partial charge in [0.15, 0.2) is 17.7 Å². The summed E-state index contributed by atoms with van der Waals surface area (Å²) in [5.74, 6) is -0.686. The number of phenolic OH excluding ortho intramolecular Hbond substituents is 1. The Labute approximate surface area is 154 Å². The first kappa shape index (κ1) is 17.2. The maximum absolute atomic E-state index is 13.2. The van der Waals surface area contributed by atoms with Gasteiger partial charge in [0.2, 0.25) is 0 Å². The van der Waals surface area contributed by atoms with Crippen molar-refractivity contribution in [3.8, 4) is 11.5 Å². The van der Waals surface area contributed by atoms with Gasteiger partial charge in [-0.15, -0.1) is 0 Å². The summed E-state index contributed by atoms with van der Waals surface area (Å²) in [4.78, 5) is 27.3. The van der Waals surface area contributed by atoms with Crippen LogP contribution in [0.15, 0.2) is 36.4 Å². The van der Waals surface area contributed by atoms with E-state index < -0.39 is 24.3 Å². The number of aromatic hydroxyl groups is 1. The monoisotopic (exact) mass is 370 g/mol. The summed E-state index contributed by atoms with van der Waals surface area (Å²) in [6, 6.07) is 9.24. The number of benzene rings is 2. The smallest absolute Gasteiger partial charge is 0.414 e. The maximum atomic E-state index is 13.2. The fraction of sp³-hybridized carbons (Fsp3) is 0.263. The van der Waals surface area contributed by atoms with Crippen molar-refractivity contribution in [3.05, 3.63) is 53.1 Å². The van der Waals surface area contributed by atoms with Crippen LogP contribution in [0.3, 0.4) is 0 Å². The van der Waals surface area contributed by atoms with Crippen LogP contribution in [0.25, 0.3) is 0 Å². The minimum absolute atomic E-state index is 0.0491. The predicted molar refractivity (Wildman–Crippen MR) is 95.0 cm³/mol. The number of carbonyl (C=O) groups excluding carboxylic acids is 1. The van der Waals surface area contributed by atoms with Crippen molar-refractivity contribution in [2.45, 2.75) is 25.2 Å². The molecule has 2 atom stereocenters. The summed E-state index contributed by atoms with van der Waals surface area (Å²) in [5, 5.41) is 30.6. The number of nitrogens with zero attached hydrogens (tertiary/aromatic N) is 2. The second kappa shape index (κ2) is 6.17. The number of aliphatic hydroxyl groups is 1. The fourth-order valence-corrected chi connectivity index (χ4v) is 3.81. The van der Waals surface area contributed by atoms with E-state index in [-0.39, 0.29) is 29.3 Å². The molecule has 0 radical (unpaired) electrons. The zero-order chi connectivity index (χ0) is 19.3. The highest BCUT2D eigenvalue weighted by molar-refractivity contribution is 6.05. The molecule has 140 valence electrons. The molecule has 2 aromatic rings. The number of carboxylic acid groups (broad SMARTS) is 1. The van der Waals surface area contributed by atoms with E-state index >= 15 is 0 Å². The van der Waals surface area contributed by atoms with E-state index in [1.165, 1.54) is 18.1 Å². The molecule has 2 amide bonds. The topological polar surface area (TPSA) is 111 Å². The number of anilines is 1. The van der Waals surface area contributed by atoms with Crippen molar-refractivity contribution in [1.29, 1.82) is 0 Å². The number of methoxy groups -OCH3 is 1. The van der Waals surface area contributed by atoms with E-state index in [9.17, 15) is 24.9 Å². The molecule has 0 bridgehead atoms. The number of carbonyl (C=O) groups is 2. The molecule has 0 saturated carbocycles. The van der Waals surface area contributed by atoms with Gasteiger partial charge in [0.05, 0.1) is 24.4 Å². The third kappa shape index (κ3) is 2.57. The Kier molecular flexibility index (Phi) is 3.92. The zero-order valence-electron chi connectivity index (χ0n) is 14.5. The van der Waals surface area contributed by atoms with Gasteiger partial charge in [-0.1, -0.05) is 24.3 Å². The Balaban J connectivity index is 1.91. The summed E-state index contributed by atoms with van der Waals surface area (Å²) in [6.45, 7) is 0.257. The number of hydrogen-bond donors (Lipinski definition) is 3. The minimum atomic E-state index is -1.48. The Morgan fingerprint density at radius 1 is 1.22 bits per heavy atom. The van der Waals surface area contributed by atoms with E-state index in [0.717, 1.165) is 22.1 Å². The summed E-state index contributed by atoms with van der Waals surface area (Å²) < 4.78 is 5.07. The van der Waals surface area contributed by atoms with Crippen LogP contribution in [-0.4, -0.2) is 51.6 Å². The summed E-state index contributed by atoms with van der Waals surface area (Å²) in [7, 11) is 1.34. The lowest BCUT2D eigenvalue weighted by atomic mass is 9.93. The molecule has 0 aromatic heterocycles. The summed E-state index contributed by atoms with van der Waals surface area (Å²) in [5.41, 5.74) is 1.89. The van der Waals surface area contributed by atoms with Crippen LogP contribution in [0, 0.1) is 0 Å². The molecule has 2 aliphatic heterocycles. The average Bonchev–Trinajstić information content (AvgIpc) is 2.73. The van der Waals surface area contributed by atoms with Crippen LogP contribution in [0.1, 0.15) is 21.5 Å². The molecule has 8 nitrogen and oxygen atoms in total. The number of rotatable bonds is 1. The van der Waals surface area contributed by atoms with Gasteiger partial charge in [0.1, 0.15) is 0 Å². The fourth-order valence-electron chi connectivity index (χ4n) is 3.81. The lowest BCUT2D eigenvalue weighted by Gasteiger charge is -2.39. The van der Waals surface area contributed by atoms with Crippen LogP contribution < -0.4 is 9.64 Å². The van der Waals surface area contributed by atoms with E-state index in [1.54, 1.807) is 0 Å². The van der Waals surface area contributed by atoms with E-state index in [1.807, 2.05) is 24.3 Å². The highest BCUT2D eigenvalue weighted by Crippen LogP contribution is 2.40. The Morgan fingerprint density at radius 3 is 2.59 bits per heavy atom. The Hall–Kier alpha value is -3.26. The third-order valence-electron chi connectivity index (χ3n) is 5.15. The lowest BCUT2D eigenvalue weighted by molar-refractivity contribution is 0.0312. The van der Waals surface area contributed by atoms with Gasteiger partial charge in [0, 0.05) is 12.6 Å². The first-order chi connectivity index (χ1) is 12.9. The van der Waals surface area contributed by atoms with Crippen LogP contribution >= 0.6 is 0 Å². The first-order valence-electron chi connectivity index (χ1n) is 8.41. The van der Waals surface area contributed by atoms with Crippen LogP contribution in [0.4, 0.5) is 10.5 Å². The van der Waals surface area contributed by atoms with E-state index in [2.05, 4.69) is 0 Å². The highest BCUT2D eigenvalue weighted by Gasteiger charge is 2.44. The molecule has 3 N–H and O–H groups in total. The molecule has 2 aliphatic rings. The van der Waals surface area contributed by atoms with Gasteiger partial charge in [-0.3, -0.25) is 4.79 Å². The van der Waals surface area contributed by atoms with Crippen LogP contribution in [0.2, 0.25) is 0 Å². The van der Waals surface area contributed by atoms with Gasteiger partial charge in [-0.2, -0.15) is 0 Å². The lowest BCUT2D eigenvalue weighted by Crippen LogP contribution is -2.55. The molecule has 27 heavy (non-hydrogen) atoms. The Morgan fingerprint density at radius 2 is 1.93 bits per heavy atom. The second-order valence-electron chi connectivity index (χ2n) is 6.58. The molecule has 0 spiro atoms. The van der Waals surface area contributed by atoms with E-state index in [4.69, 9.17) is 4.74 Å². The molecule has 8 heteroatoms. The number of ether oxygens (including phenoxy) is 1. The van der Waals surface area contributed by atoms with Gasteiger partial charge in [-0.25, -0.2) is 9.69 Å². The van der Waals surface area contributed by atoms with Crippen molar-refractivity contribution in [1.82, 2.24) is 4.90 Å². The number of amides is 2. The van der Waals surface area contributed by atoms with Gasteiger partial charge in [0.25, 0.3) is 5.91 Å². The Bertz CT molecular complexity index is 944. The van der Waals surface area contributed by atoms with Crippen molar-refractivity contribution in [2.24, 2.45) is 0 Å². The van der Waals surface area contributed by atoms with Crippen molar-refractivity contribution >= 4 is 17.7 Å². The summed E-state index contributed by atoms with van der Waals surface area (Å²) >= 11 is 0. The van der Waals surface area contributed by atoms with Crippen molar-refractivity contribution in [3.63, 3.8) is 0 Å². The summed E-state index contributed by atoms with van der Waals surface area (Å²) in [6.07, 6.45) is -2.57. The number of fused-ring (bicyclic) bond motifs is 3. The van der Waals surface area contributed by atoms with Crippen molar-refractivity contribution in [2.75, 3.05) is 12.0 Å².